The number of ether oxygens (including phenoxy) is 1. The van der Waals surface area contributed by atoms with Crippen LogP contribution in [0.1, 0.15) is 38.7 Å². The van der Waals surface area contributed by atoms with Gasteiger partial charge in [0.05, 0.1) is 0 Å². The molecule has 0 spiro atoms. The highest BCUT2D eigenvalue weighted by Gasteiger charge is 2.14. The monoisotopic (exact) mass is 297 g/mol. The number of rotatable bonds is 6. The molecule has 3 nitrogen and oxygen atoms in total. The van der Waals surface area contributed by atoms with E-state index in [1.54, 1.807) is 6.92 Å². The summed E-state index contributed by atoms with van der Waals surface area (Å²) in [4.78, 5) is 12.2. The van der Waals surface area contributed by atoms with Gasteiger partial charge in [-0.15, -0.1) is 0 Å². The van der Waals surface area contributed by atoms with Crippen LogP contribution in [0.4, 0.5) is 5.69 Å². The van der Waals surface area contributed by atoms with Crippen molar-refractivity contribution in [3.8, 4) is 5.75 Å². The molecule has 1 amide bonds. The maximum Gasteiger partial charge on any atom is 0.265 e. The predicted octanol–water partition coefficient (Wildman–Crippen LogP) is 4.61. The second-order valence-corrected chi connectivity index (χ2v) is 5.49. The molecule has 0 aliphatic carbocycles. The number of nitrogens with one attached hydrogen (secondary N) is 1. The summed E-state index contributed by atoms with van der Waals surface area (Å²) in [6.07, 6.45) is 0.560. The van der Waals surface area contributed by atoms with Crippen molar-refractivity contribution in [3.63, 3.8) is 0 Å². The van der Waals surface area contributed by atoms with Crippen LogP contribution in [0.15, 0.2) is 54.6 Å². The summed E-state index contributed by atoms with van der Waals surface area (Å²) in [5, 5.41) is 2.88. The average Bonchev–Trinajstić information content (AvgIpc) is 2.55. The molecule has 0 aromatic heterocycles. The Morgan fingerprint density at radius 1 is 1.05 bits per heavy atom. The van der Waals surface area contributed by atoms with E-state index >= 15 is 0 Å². The highest BCUT2D eigenvalue weighted by Crippen LogP contribution is 2.20. The molecule has 0 aliphatic rings. The smallest absolute Gasteiger partial charge is 0.265 e. The molecule has 3 heteroatoms. The molecule has 0 fully saturated rings. The number of hydrogen-bond acceptors (Lipinski definition) is 2. The Labute approximate surface area is 132 Å². The van der Waals surface area contributed by atoms with Crippen molar-refractivity contribution in [3.05, 3.63) is 60.2 Å². The van der Waals surface area contributed by atoms with Crippen LogP contribution in [0.25, 0.3) is 0 Å². The molecule has 116 valence electrons. The minimum absolute atomic E-state index is 0.153. The molecule has 0 radical (unpaired) electrons. The van der Waals surface area contributed by atoms with E-state index in [0.29, 0.717) is 11.7 Å². The molecule has 2 aromatic rings. The van der Waals surface area contributed by atoms with Crippen LogP contribution in [0, 0.1) is 0 Å². The van der Waals surface area contributed by atoms with Crippen LogP contribution in [0.2, 0.25) is 0 Å². The summed E-state index contributed by atoms with van der Waals surface area (Å²) in [6, 6.07) is 17.4. The van der Waals surface area contributed by atoms with Gasteiger partial charge in [-0.1, -0.05) is 44.2 Å². The molecule has 2 atom stereocenters. The fourth-order valence-electron chi connectivity index (χ4n) is 2.13. The number of anilines is 1. The van der Waals surface area contributed by atoms with Gasteiger partial charge in [0.2, 0.25) is 0 Å². The van der Waals surface area contributed by atoms with Gasteiger partial charge >= 0.3 is 0 Å². The summed E-state index contributed by atoms with van der Waals surface area (Å²) in [7, 11) is 0. The van der Waals surface area contributed by atoms with Crippen LogP contribution >= 0.6 is 0 Å². The highest BCUT2D eigenvalue weighted by atomic mass is 16.5. The zero-order chi connectivity index (χ0) is 15.9. The highest BCUT2D eigenvalue weighted by molar-refractivity contribution is 5.94. The Hall–Kier alpha value is -2.29. The lowest BCUT2D eigenvalue weighted by Crippen LogP contribution is -2.30. The fraction of sp³-hybridized carbons (Fsp3) is 0.316. The summed E-state index contributed by atoms with van der Waals surface area (Å²) in [5.41, 5.74) is 2.08. The summed E-state index contributed by atoms with van der Waals surface area (Å²) in [6.45, 7) is 6.11. The molecular formula is C19H23NO2. The number of carbonyl (C=O) groups is 1. The molecule has 0 bridgehead atoms. The molecule has 0 unspecified atom stereocenters. The number of carbonyl (C=O) groups excluding carboxylic acids is 1. The van der Waals surface area contributed by atoms with Gasteiger partial charge in [-0.25, -0.2) is 0 Å². The molecule has 1 N–H and O–H groups in total. The Balaban J connectivity index is 1.93. The maximum absolute atomic E-state index is 12.2. The van der Waals surface area contributed by atoms with E-state index in [0.717, 1.165) is 12.1 Å². The van der Waals surface area contributed by atoms with E-state index < -0.39 is 6.10 Å². The van der Waals surface area contributed by atoms with E-state index in [1.165, 1.54) is 5.56 Å². The molecule has 2 aromatic carbocycles. The lowest BCUT2D eigenvalue weighted by atomic mass is 9.99. The first kappa shape index (κ1) is 16.1. The first-order chi connectivity index (χ1) is 10.6. The first-order valence-electron chi connectivity index (χ1n) is 7.72. The largest absolute Gasteiger partial charge is 0.481 e. The van der Waals surface area contributed by atoms with Crippen LogP contribution in [0.5, 0.6) is 5.75 Å². The average molecular weight is 297 g/mol. The number of hydrogen-bond donors (Lipinski definition) is 1. The van der Waals surface area contributed by atoms with Gasteiger partial charge in [-0.2, -0.15) is 0 Å². The van der Waals surface area contributed by atoms with Gasteiger partial charge in [0.25, 0.3) is 5.91 Å². The zero-order valence-corrected chi connectivity index (χ0v) is 13.4. The summed E-state index contributed by atoms with van der Waals surface area (Å²) in [5.74, 6) is 1.07. The third-order valence-corrected chi connectivity index (χ3v) is 3.78. The molecule has 2 rings (SSSR count). The lowest BCUT2D eigenvalue weighted by Gasteiger charge is -2.15. The second kappa shape index (κ2) is 7.64. The molecule has 22 heavy (non-hydrogen) atoms. The second-order valence-electron chi connectivity index (χ2n) is 5.49. The van der Waals surface area contributed by atoms with Crippen molar-refractivity contribution in [2.75, 3.05) is 5.32 Å². The third kappa shape index (κ3) is 4.35. The van der Waals surface area contributed by atoms with Crippen molar-refractivity contribution >= 4 is 11.6 Å². The van der Waals surface area contributed by atoms with Crippen LogP contribution < -0.4 is 10.1 Å². The van der Waals surface area contributed by atoms with Crippen molar-refractivity contribution in [1.82, 2.24) is 0 Å². The summed E-state index contributed by atoms with van der Waals surface area (Å²) >= 11 is 0. The maximum atomic E-state index is 12.2. The number of amides is 1. The Morgan fingerprint density at radius 2 is 1.68 bits per heavy atom. The Morgan fingerprint density at radius 3 is 2.27 bits per heavy atom. The lowest BCUT2D eigenvalue weighted by molar-refractivity contribution is -0.122. The van der Waals surface area contributed by atoms with Crippen molar-refractivity contribution in [2.45, 2.75) is 39.2 Å². The van der Waals surface area contributed by atoms with Crippen molar-refractivity contribution < 1.29 is 9.53 Å². The topological polar surface area (TPSA) is 38.3 Å². The van der Waals surface area contributed by atoms with E-state index in [4.69, 9.17) is 4.74 Å². The zero-order valence-electron chi connectivity index (χ0n) is 13.4. The van der Waals surface area contributed by atoms with Crippen molar-refractivity contribution in [2.24, 2.45) is 0 Å². The van der Waals surface area contributed by atoms with Crippen molar-refractivity contribution in [1.29, 1.82) is 0 Å². The molecule has 0 heterocycles. The molecule has 0 aliphatic heterocycles. The molecule has 0 saturated heterocycles. The van der Waals surface area contributed by atoms with E-state index in [1.807, 2.05) is 42.5 Å². The minimum atomic E-state index is -0.545. The van der Waals surface area contributed by atoms with E-state index in [2.05, 4.69) is 31.3 Å². The van der Waals surface area contributed by atoms with Gasteiger partial charge < -0.3 is 10.1 Å². The van der Waals surface area contributed by atoms with E-state index in [-0.39, 0.29) is 5.91 Å². The molecular weight excluding hydrogens is 274 g/mol. The van der Waals surface area contributed by atoms with Gasteiger partial charge in [-0.05, 0) is 49.1 Å². The third-order valence-electron chi connectivity index (χ3n) is 3.78. The SMILES string of the molecule is CC[C@@H](C)c1ccc(NC(=O)[C@@H](C)Oc2ccccc2)cc1. The molecule has 0 saturated carbocycles. The predicted molar refractivity (Wildman–Crippen MR) is 90.3 cm³/mol. The fourth-order valence-corrected chi connectivity index (χ4v) is 2.13. The standard InChI is InChI=1S/C19H23NO2/c1-4-14(2)16-10-12-17(13-11-16)20-19(21)15(3)22-18-8-6-5-7-9-18/h5-15H,4H2,1-3H3,(H,20,21)/t14-,15-/m1/s1. The van der Waals surface area contributed by atoms with E-state index in [9.17, 15) is 4.79 Å². The van der Waals surface area contributed by atoms with Gasteiger partial charge in [0.15, 0.2) is 6.10 Å². The Bertz CT molecular complexity index is 593. The van der Waals surface area contributed by atoms with Gasteiger partial charge in [0.1, 0.15) is 5.75 Å². The van der Waals surface area contributed by atoms with Crippen LogP contribution in [-0.4, -0.2) is 12.0 Å². The quantitative estimate of drug-likeness (QED) is 0.845. The van der Waals surface area contributed by atoms with Crippen LogP contribution in [0.3, 0.4) is 0 Å². The number of para-hydroxylation sites is 1. The summed E-state index contributed by atoms with van der Waals surface area (Å²) < 4.78 is 5.62. The minimum Gasteiger partial charge on any atom is -0.481 e. The first-order valence-corrected chi connectivity index (χ1v) is 7.72. The normalized spacial score (nSPS) is 13.2. The Kier molecular flexibility index (Phi) is 5.59. The van der Waals surface area contributed by atoms with Crippen LogP contribution in [-0.2, 0) is 4.79 Å². The number of benzene rings is 2. The van der Waals surface area contributed by atoms with Gasteiger partial charge in [0, 0.05) is 5.69 Å². The van der Waals surface area contributed by atoms with Gasteiger partial charge in [-0.3, -0.25) is 4.79 Å².